The number of nitrogens with one attached hydrogen (secondary N) is 1. The van der Waals surface area contributed by atoms with E-state index in [0.717, 1.165) is 56.8 Å². The molecule has 3 aromatic rings. The van der Waals surface area contributed by atoms with Crippen molar-refractivity contribution in [3.8, 4) is 0 Å². The number of hydrogen-bond acceptors (Lipinski definition) is 4. The zero-order valence-electron chi connectivity index (χ0n) is 13.6. The lowest BCUT2D eigenvalue weighted by Crippen LogP contribution is -2.46. The van der Waals surface area contributed by atoms with Crippen LogP contribution in [0.4, 0.5) is 0 Å². The maximum atomic E-state index is 6.22. The van der Waals surface area contributed by atoms with Crippen LogP contribution in [0.15, 0.2) is 36.8 Å². The number of aromatic amines is 1. The second-order valence-corrected chi connectivity index (χ2v) is 6.84. The summed E-state index contributed by atoms with van der Waals surface area (Å²) in [5.74, 6) is 0. The predicted molar refractivity (Wildman–Crippen MR) is 89.6 cm³/mol. The molecule has 0 amide bonds. The summed E-state index contributed by atoms with van der Waals surface area (Å²) in [6.07, 6.45) is 9.13. The molecule has 1 N–H and O–H groups in total. The molecule has 0 unspecified atom stereocenters. The van der Waals surface area contributed by atoms with E-state index in [1.807, 2.05) is 30.6 Å². The second-order valence-electron chi connectivity index (χ2n) is 6.84. The SMILES string of the molecule is c1ccn2cc(CN3CCC4(CC3)OCCc3cn[nH]c34)nc2c1. The van der Waals surface area contributed by atoms with Crippen LogP contribution in [-0.4, -0.2) is 44.2 Å². The monoisotopic (exact) mass is 323 g/mol. The Morgan fingerprint density at radius 3 is 3.04 bits per heavy atom. The zero-order chi connectivity index (χ0) is 16.0. The quantitative estimate of drug-likeness (QED) is 0.785. The smallest absolute Gasteiger partial charge is 0.137 e. The highest BCUT2D eigenvalue weighted by Crippen LogP contribution is 2.40. The number of likely N-dealkylation sites (tertiary alicyclic amines) is 1. The average molecular weight is 323 g/mol. The Bertz CT molecular complexity index is 826. The van der Waals surface area contributed by atoms with Crippen LogP contribution in [0.1, 0.15) is 29.8 Å². The molecule has 0 saturated carbocycles. The van der Waals surface area contributed by atoms with Crippen molar-refractivity contribution in [1.29, 1.82) is 0 Å². The summed E-state index contributed by atoms with van der Waals surface area (Å²) in [6, 6.07) is 6.11. The van der Waals surface area contributed by atoms with Gasteiger partial charge < -0.3 is 9.14 Å². The number of hydrogen-bond donors (Lipinski definition) is 1. The normalized spacial score (nSPS) is 20.5. The van der Waals surface area contributed by atoms with E-state index in [2.05, 4.69) is 25.7 Å². The lowest BCUT2D eigenvalue weighted by atomic mass is 9.84. The van der Waals surface area contributed by atoms with Gasteiger partial charge in [0, 0.05) is 32.0 Å². The first-order valence-electron chi connectivity index (χ1n) is 8.64. The molecule has 5 heterocycles. The molecular formula is C18H21N5O. The first-order chi connectivity index (χ1) is 11.8. The third-order valence-corrected chi connectivity index (χ3v) is 5.39. The molecule has 0 bridgehead atoms. The van der Waals surface area contributed by atoms with E-state index in [4.69, 9.17) is 9.72 Å². The van der Waals surface area contributed by atoms with Crippen molar-refractivity contribution in [2.75, 3.05) is 19.7 Å². The number of piperidine rings is 1. The third-order valence-electron chi connectivity index (χ3n) is 5.39. The Morgan fingerprint density at radius 1 is 1.25 bits per heavy atom. The van der Waals surface area contributed by atoms with E-state index in [1.165, 1.54) is 11.3 Å². The van der Waals surface area contributed by atoms with Gasteiger partial charge in [-0.15, -0.1) is 0 Å². The van der Waals surface area contributed by atoms with Crippen molar-refractivity contribution in [1.82, 2.24) is 24.5 Å². The molecule has 1 saturated heterocycles. The third kappa shape index (κ3) is 2.25. The first-order valence-corrected chi connectivity index (χ1v) is 8.64. The summed E-state index contributed by atoms with van der Waals surface area (Å²) >= 11 is 0. The van der Waals surface area contributed by atoms with Crippen LogP contribution in [-0.2, 0) is 23.3 Å². The maximum Gasteiger partial charge on any atom is 0.137 e. The van der Waals surface area contributed by atoms with Crippen LogP contribution in [0.25, 0.3) is 5.65 Å². The molecule has 0 radical (unpaired) electrons. The number of imidazole rings is 1. The molecule has 0 atom stereocenters. The molecule has 1 fully saturated rings. The van der Waals surface area contributed by atoms with Crippen LogP contribution < -0.4 is 0 Å². The molecular weight excluding hydrogens is 302 g/mol. The van der Waals surface area contributed by atoms with Gasteiger partial charge in [-0.05, 0) is 37.0 Å². The van der Waals surface area contributed by atoms with Crippen molar-refractivity contribution in [3.63, 3.8) is 0 Å². The predicted octanol–water partition coefficient (Wildman–Crippen LogP) is 2.12. The molecule has 0 aliphatic carbocycles. The Hall–Kier alpha value is -2.18. The molecule has 0 aromatic carbocycles. The fourth-order valence-corrected chi connectivity index (χ4v) is 4.08. The summed E-state index contributed by atoms with van der Waals surface area (Å²) in [6.45, 7) is 3.74. The number of fused-ring (bicyclic) bond motifs is 3. The summed E-state index contributed by atoms with van der Waals surface area (Å²) in [5, 5.41) is 7.42. The molecule has 124 valence electrons. The summed E-state index contributed by atoms with van der Waals surface area (Å²) in [4.78, 5) is 7.19. The highest BCUT2D eigenvalue weighted by molar-refractivity contribution is 5.39. The van der Waals surface area contributed by atoms with E-state index in [0.29, 0.717) is 0 Å². The van der Waals surface area contributed by atoms with Gasteiger partial charge in [-0.2, -0.15) is 5.10 Å². The number of aromatic nitrogens is 4. The minimum Gasteiger partial charge on any atom is -0.368 e. The second kappa shape index (κ2) is 5.43. The Kier molecular flexibility index (Phi) is 3.21. The molecule has 6 nitrogen and oxygen atoms in total. The zero-order valence-corrected chi connectivity index (χ0v) is 13.6. The van der Waals surface area contributed by atoms with E-state index < -0.39 is 0 Å². The fourth-order valence-electron chi connectivity index (χ4n) is 4.08. The fraction of sp³-hybridized carbons (Fsp3) is 0.444. The molecule has 6 heteroatoms. The van der Waals surface area contributed by atoms with Gasteiger partial charge in [0.15, 0.2) is 0 Å². The van der Waals surface area contributed by atoms with Crippen molar-refractivity contribution in [3.05, 3.63) is 53.7 Å². The topological polar surface area (TPSA) is 58.5 Å². The Labute approximate surface area is 140 Å². The Balaban J connectivity index is 1.31. The van der Waals surface area contributed by atoms with Crippen molar-refractivity contribution < 1.29 is 4.74 Å². The van der Waals surface area contributed by atoms with Gasteiger partial charge >= 0.3 is 0 Å². The van der Waals surface area contributed by atoms with Gasteiger partial charge in [0.25, 0.3) is 0 Å². The van der Waals surface area contributed by atoms with E-state index in [1.54, 1.807) is 0 Å². The number of rotatable bonds is 2. The maximum absolute atomic E-state index is 6.22. The lowest BCUT2D eigenvalue weighted by molar-refractivity contribution is -0.102. The average Bonchev–Trinajstić information content (AvgIpc) is 3.24. The number of nitrogens with zero attached hydrogens (tertiary/aromatic N) is 4. The van der Waals surface area contributed by atoms with Gasteiger partial charge in [-0.3, -0.25) is 10.00 Å². The van der Waals surface area contributed by atoms with Crippen LogP contribution in [0, 0.1) is 0 Å². The first kappa shape index (κ1) is 14.2. The van der Waals surface area contributed by atoms with E-state index in [-0.39, 0.29) is 5.60 Å². The summed E-state index contributed by atoms with van der Waals surface area (Å²) in [5.41, 5.74) is 4.53. The molecule has 1 spiro atoms. The summed E-state index contributed by atoms with van der Waals surface area (Å²) < 4.78 is 8.31. The van der Waals surface area contributed by atoms with Gasteiger partial charge in [0.05, 0.1) is 24.2 Å². The standard InChI is InChI=1S/C18H21N5O/c1-2-7-23-13-15(20-16(23)3-1)12-22-8-5-18(6-9-22)17-14(4-10-24-18)11-19-21-17/h1-3,7,11,13H,4-6,8-10,12H2,(H,19,21). The lowest BCUT2D eigenvalue weighted by Gasteiger charge is -2.43. The molecule has 2 aliphatic rings. The Morgan fingerprint density at radius 2 is 2.17 bits per heavy atom. The van der Waals surface area contributed by atoms with Crippen LogP contribution in [0.2, 0.25) is 0 Å². The highest BCUT2D eigenvalue weighted by atomic mass is 16.5. The molecule has 2 aliphatic heterocycles. The van der Waals surface area contributed by atoms with E-state index >= 15 is 0 Å². The van der Waals surface area contributed by atoms with Crippen molar-refractivity contribution >= 4 is 5.65 Å². The largest absolute Gasteiger partial charge is 0.368 e. The van der Waals surface area contributed by atoms with Crippen LogP contribution in [0.5, 0.6) is 0 Å². The van der Waals surface area contributed by atoms with Crippen LogP contribution in [0.3, 0.4) is 0 Å². The van der Waals surface area contributed by atoms with Gasteiger partial charge in [0.1, 0.15) is 11.2 Å². The molecule has 24 heavy (non-hydrogen) atoms. The molecule has 5 rings (SSSR count). The van der Waals surface area contributed by atoms with Gasteiger partial charge in [-0.25, -0.2) is 4.98 Å². The molecule has 3 aromatic heterocycles. The van der Waals surface area contributed by atoms with Crippen molar-refractivity contribution in [2.45, 2.75) is 31.4 Å². The summed E-state index contributed by atoms with van der Waals surface area (Å²) in [7, 11) is 0. The minimum atomic E-state index is -0.153. The highest BCUT2D eigenvalue weighted by Gasteiger charge is 2.42. The number of H-pyrrole nitrogens is 1. The van der Waals surface area contributed by atoms with Crippen molar-refractivity contribution in [2.24, 2.45) is 0 Å². The van der Waals surface area contributed by atoms with E-state index in [9.17, 15) is 0 Å². The number of pyridine rings is 1. The number of ether oxygens (including phenoxy) is 1. The van der Waals surface area contributed by atoms with Gasteiger partial charge in [0.2, 0.25) is 0 Å². The minimum absolute atomic E-state index is 0.153. The van der Waals surface area contributed by atoms with Gasteiger partial charge in [-0.1, -0.05) is 6.07 Å². The van der Waals surface area contributed by atoms with Crippen LogP contribution >= 0.6 is 0 Å².